The van der Waals surface area contributed by atoms with Gasteiger partial charge in [0.05, 0.1) is 25.4 Å². The molecular weight excluding hydrogens is 252 g/mol. The summed E-state index contributed by atoms with van der Waals surface area (Å²) >= 11 is 0. The molecule has 0 aliphatic carbocycles. The number of methoxy groups -OCH3 is 2. The van der Waals surface area contributed by atoms with Gasteiger partial charge in [0.15, 0.2) is 0 Å². The van der Waals surface area contributed by atoms with Gasteiger partial charge in [0.2, 0.25) is 0 Å². The molecule has 0 bridgehead atoms. The lowest BCUT2D eigenvalue weighted by Gasteiger charge is -2.10. The number of hydrogen-bond acceptors (Lipinski definition) is 3. The molecule has 2 aromatic carbocycles. The highest BCUT2D eigenvalue weighted by atomic mass is 16.5. The first-order chi connectivity index (χ1) is 9.80. The monoisotopic (exact) mass is 268 g/mol. The molecule has 0 aliphatic rings. The van der Waals surface area contributed by atoms with Crippen LogP contribution in [-0.4, -0.2) is 18.9 Å². The molecular formula is C16H16N2O2. The first-order valence-corrected chi connectivity index (χ1v) is 6.36. The molecule has 0 spiro atoms. The lowest BCUT2D eigenvalue weighted by atomic mass is 10.2. The number of benzene rings is 2. The molecule has 20 heavy (non-hydrogen) atoms. The molecule has 102 valence electrons. The van der Waals surface area contributed by atoms with Crippen molar-refractivity contribution in [3.05, 3.63) is 54.7 Å². The number of nitrogens with zero attached hydrogens (tertiary/aromatic N) is 1. The highest BCUT2D eigenvalue weighted by Crippen LogP contribution is 2.22. The molecule has 0 radical (unpaired) electrons. The smallest absolute Gasteiger partial charge is 0.119 e. The van der Waals surface area contributed by atoms with E-state index in [-0.39, 0.29) is 0 Å². The summed E-state index contributed by atoms with van der Waals surface area (Å²) in [6.45, 7) is 0. The fraction of sp³-hybridized carbons (Fsp3) is 0.125. The van der Waals surface area contributed by atoms with E-state index < -0.39 is 0 Å². The van der Waals surface area contributed by atoms with Crippen LogP contribution in [0.1, 0.15) is 0 Å². The van der Waals surface area contributed by atoms with Crippen molar-refractivity contribution >= 4 is 16.6 Å². The molecule has 0 aliphatic heterocycles. The molecule has 0 amide bonds. The van der Waals surface area contributed by atoms with Gasteiger partial charge in [-0.2, -0.15) is 0 Å². The van der Waals surface area contributed by atoms with Gasteiger partial charge in [-0.15, -0.1) is 0 Å². The van der Waals surface area contributed by atoms with Crippen molar-refractivity contribution in [2.45, 2.75) is 0 Å². The zero-order valence-corrected chi connectivity index (χ0v) is 11.5. The van der Waals surface area contributed by atoms with Crippen molar-refractivity contribution in [2.24, 2.45) is 0 Å². The van der Waals surface area contributed by atoms with E-state index in [0.29, 0.717) is 0 Å². The quantitative estimate of drug-likeness (QED) is 0.786. The molecule has 1 N–H and O–H groups in total. The van der Waals surface area contributed by atoms with Gasteiger partial charge in [-0.25, -0.2) is 0 Å². The van der Waals surface area contributed by atoms with Crippen LogP contribution >= 0.6 is 0 Å². The third kappa shape index (κ3) is 2.28. The molecule has 0 fully saturated rings. The van der Waals surface area contributed by atoms with Crippen molar-refractivity contribution in [2.75, 3.05) is 19.6 Å². The highest BCUT2D eigenvalue weighted by Gasteiger charge is 2.03. The first kappa shape index (κ1) is 12.4. The Hall–Kier alpha value is -2.62. The predicted octanol–water partition coefficient (Wildman–Crippen LogP) is 3.53. The molecule has 3 aromatic rings. The van der Waals surface area contributed by atoms with Crippen molar-refractivity contribution in [3.8, 4) is 11.5 Å². The Morgan fingerprint density at radius 2 is 1.55 bits per heavy atom. The van der Waals surface area contributed by atoms with Gasteiger partial charge in [-0.3, -0.25) is 10.1 Å². The number of anilines is 1. The summed E-state index contributed by atoms with van der Waals surface area (Å²) in [7, 11) is 3.34. The highest BCUT2D eigenvalue weighted by molar-refractivity contribution is 5.82. The van der Waals surface area contributed by atoms with Gasteiger partial charge in [-0.05, 0) is 48.5 Å². The van der Waals surface area contributed by atoms with Crippen LogP contribution in [0.3, 0.4) is 0 Å². The predicted molar refractivity (Wildman–Crippen MR) is 80.5 cm³/mol. The van der Waals surface area contributed by atoms with Crippen molar-refractivity contribution < 1.29 is 9.47 Å². The van der Waals surface area contributed by atoms with E-state index in [1.54, 1.807) is 14.2 Å². The second kappa shape index (κ2) is 5.17. The van der Waals surface area contributed by atoms with E-state index in [2.05, 4.69) is 5.43 Å². The van der Waals surface area contributed by atoms with Crippen molar-refractivity contribution in [3.63, 3.8) is 0 Å². The number of fused-ring (bicyclic) bond motifs is 1. The van der Waals surface area contributed by atoms with Crippen LogP contribution < -0.4 is 14.9 Å². The Balaban J connectivity index is 1.90. The van der Waals surface area contributed by atoms with Gasteiger partial charge >= 0.3 is 0 Å². The Kier molecular flexibility index (Phi) is 3.21. The van der Waals surface area contributed by atoms with Crippen LogP contribution in [0.25, 0.3) is 10.9 Å². The van der Waals surface area contributed by atoms with Crippen LogP contribution in [0.2, 0.25) is 0 Å². The Bertz CT molecular complexity index is 717. The summed E-state index contributed by atoms with van der Waals surface area (Å²) in [6.07, 6.45) is 1.99. The fourth-order valence-electron chi connectivity index (χ4n) is 2.15. The minimum Gasteiger partial charge on any atom is -0.497 e. The summed E-state index contributed by atoms with van der Waals surface area (Å²) < 4.78 is 12.4. The molecule has 0 atom stereocenters. The van der Waals surface area contributed by atoms with Gasteiger partial charge in [0.1, 0.15) is 11.5 Å². The summed E-state index contributed by atoms with van der Waals surface area (Å²) in [5, 5.41) is 1.13. The normalized spacial score (nSPS) is 10.5. The third-order valence-electron chi connectivity index (χ3n) is 3.24. The first-order valence-electron chi connectivity index (χ1n) is 6.36. The standard InChI is InChI=1S/C16H16N2O2/c1-19-14-5-3-13(4-6-14)17-18-10-9-12-11-15(20-2)7-8-16(12)18/h3-11,17H,1-2H3. The number of ether oxygens (including phenoxy) is 2. The van der Waals surface area contributed by atoms with Gasteiger partial charge in [0.25, 0.3) is 0 Å². The number of hydrogen-bond donors (Lipinski definition) is 1. The van der Waals surface area contributed by atoms with Crippen LogP contribution in [0.4, 0.5) is 5.69 Å². The third-order valence-corrected chi connectivity index (χ3v) is 3.24. The summed E-state index contributed by atoms with van der Waals surface area (Å²) in [6, 6.07) is 15.9. The minimum absolute atomic E-state index is 0.845. The van der Waals surface area contributed by atoms with E-state index in [0.717, 1.165) is 28.1 Å². The molecule has 0 unspecified atom stereocenters. The maximum absolute atomic E-state index is 5.23. The average Bonchev–Trinajstić information content (AvgIpc) is 2.90. The zero-order chi connectivity index (χ0) is 13.9. The van der Waals surface area contributed by atoms with Crippen molar-refractivity contribution in [1.29, 1.82) is 0 Å². The molecule has 4 nitrogen and oxygen atoms in total. The molecule has 1 aromatic heterocycles. The van der Waals surface area contributed by atoms with E-state index in [1.807, 2.05) is 59.4 Å². The maximum atomic E-state index is 5.23. The lowest BCUT2D eigenvalue weighted by Crippen LogP contribution is -2.06. The van der Waals surface area contributed by atoms with E-state index >= 15 is 0 Å². The second-order valence-electron chi connectivity index (χ2n) is 4.45. The van der Waals surface area contributed by atoms with Crippen LogP contribution in [-0.2, 0) is 0 Å². The minimum atomic E-state index is 0.845. The van der Waals surface area contributed by atoms with Gasteiger partial charge in [-0.1, -0.05) is 0 Å². The van der Waals surface area contributed by atoms with Crippen molar-refractivity contribution in [1.82, 2.24) is 4.68 Å². The largest absolute Gasteiger partial charge is 0.497 e. The van der Waals surface area contributed by atoms with E-state index in [4.69, 9.17) is 9.47 Å². The van der Waals surface area contributed by atoms with Crippen LogP contribution in [0.5, 0.6) is 11.5 Å². The number of rotatable bonds is 4. The summed E-state index contributed by atoms with van der Waals surface area (Å²) in [4.78, 5) is 0. The molecule has 3 rings (SSSR count). The summed E-state index contributed by atoms with van der Waals surface area (Å²) in [5.74, 6) is 1.71. The molecule has 4 heteroatoms. The number of aromatic nitrogens is 1. The van der Waals surface area contributed by atoms with Gasteiger partial charge < -0.3 is 9.47 Å². The zero-order valence-electron chi connectivity index (χ0n) is 11.5. The van der Waals surface area contributed by atoms with E-state index in [9.17, 15) is 0 Å². The SMILES string of the molecule is COc1ccc(Nn2ccc3cc(OC)ccc32)cc1. The maximum Gasteiger partial charge on any atom is 0.119 e. The van der Waals surface area contributed by atoms with Gasteiger partial charge in [0, 0.05) is 11.6 Å². The Morgan fingerprint density at radius 1 is 0.850 bits per heavy atom. The molecule has 0 saturated heterocycles. The average molecular weight is 268 g/mol. The van der Waals surface area contributed by atoms with Crippen LogP contribution in [0.15, 0.2) is 54.7 Å². The lowest BCUT2D eigenvalue weighted by molar-refractivity contribution is 0.415. The molecule has 0 saturated carbocycles. The Morgan fingerprint density at radius 3 is 2.25 bits per heavy atom. The molecule has 1 heterocycles. The topological polar surface area (TPSA) is 35.4 Å². The summed E-state index contributed by atoms with van der Waals surface area (Å²) in [5.41, 5.74) is 5.43. The second-order valence-corrected chi connectivity index (χ2v) is 4.45. The van der Waals surface area contributed by atoms with E-state index in [1.165, 1.54) is 0 Å². The Labute approximate surface area is 117 Å². The fourth-order valence-corrected chi connectivity index (χ4v) is 2.15. The number of nitrogens with one attached hydrogen (secondary N) is 1. The van der Waals surface area contributed by atoms with Crippen LogP contribution in [0, 0.1) is 0 Å².